The lowest BCUT2D eigenvalue weighted by atomic mass is 9.86. The fourth-order valence-corrected chi connectivity index (χ4v) is 3.09. The van der Waals surface area contributed by atoms with Gasteiger partial charge in [-0.25, -0.2) is 0 Å². The molecule has 0 bridgehead atoms. The average Bonchev–Trinajstić information content (AvgIpc) is 2.97. The van der Waals surface area contributed by atoms with Crippen molar-refractivity contribution in [1.82, 2.24) is 15.5 Å². The number of rotatable bonds is 5. The molecule has 3 rings (SSSR count). The second kappa shape index (κ2) is 6.47. The topological polar surface area (TPSA) is 132 Å². The Hall–Kier alpha value is -3.43. The van der Waals surface area contributed by atoms with E-state index in [1.165, 1.54) is 21.3 Å². The monoisotopic (exact) mass is 362 g/mol. The molecular weight excluding hydrogens is 344 g/mol. The highest BCUT2D eigenvalue weighted by Gasteiger charge is 2.43. The fourth-order valence-electron chi connectivity index (χ4n) is 3.09. The Morgan fingerprint density at radius 1 is 1.27 bits per heavy atom. The second-order valence-electron chi connectivity index (χ2n) is 5.62. The smallest absolute Gasteiger partial charge is 0.317 e. The third-order valence-electron chi connectivity index (χ3n) is 4.26. The molecule has 1 unspecified atom stereocenters. The van der Waals surface area contributed by atoms with Crippen molar-refractivity contribution in [3.05, 3.63) is 61.0 Å². The summed E-state index contributed by atoms with van der Waals surface area (Å²) < 4.78 is 16.3. The van der Waals surface area contributed by atoms with Crippen molar-refractivity contribution in [3.8, 4) is 17.2 Å². The SMILES string of the molecule is CNC1=C([N+](=O)[O-])C(c2c(C)[nH][nH]c2=O)c2cc(OC)cc(OC)c2O1. The van der Waals surface area contributed by atoms with Gasteiger partial charge in [-0.2, -0.15) is 0 Å². The normalized spacial score (nSPS) is 15.9. The van der Waals surface area contributed by atoms with Crippen LogP contribution in [0, 0.1) is 17.0 Å². The van der Waals surface area contributed by atoms with Gasteiger partial charge in [0.25, 0.3) is 11.4 Å². The molecule has 0 saturated heterocycles. The van der Waals surface area contributed by atoms with Gasteiger partial charge in [0, 0.05) is 24.4 Å². The zero-order valence-electron chi connectivity index (χ0n) is 14.6. The molecule has 0 fully saturated rings. The first-order valence-corrected chi connectivity index (χ1v) is 7.70. The van der Waals surface area contributed by atoms with Crippen molar-refractivity contribution in [3.63, 3.8) is 0 Å². The number of hydrogen-bond donors (Lipinski definition) is 3. The van der Waals surface area contributed by atoms with E-state index < -0.39 is 16.4 Å². The molecule has 2 heterocycles. The van der Waals surface area contributed by atoms with Crippen LogP contribution in [0.2, 0.25) is 0 Å². The van der Waals surface area contributed by atoms with Gasteiger partial charge in [-0.1, -0.05) is 0 Å². The van der Waals surface area contributed by atoms with Crippen LogP contribution in [-0.4, -0.2) is 36.4 Å². The third kappa shape index (κ3) is 2.55. The Labute approximate surface area is 147 Å². The van der Waals surface area contributed by atoms with Crippen LogP contribution in [0.4, 0.5) is 0 Å². The Kier molecular flexibility index (Phi) is 4.33. The van der Waals surface area contributed by atoms with Gasteiger partial charge in [0.15, 0.2) is 11.5 Å². The van der Waals surface area contributed by atoms with E-state index in [0.717, 1.165) is 0 Å². The summed E-state index contributed by atoms with van der Waals surface area (Å²) in [7, 11) is 4.43. The maximum atomic E-state index is 12.4. The van der Waals surface area contributed by atoms with Crippen LogP contribution in [0.1, 0.15) is 22.7 Å². The maximum Gasteiger partial charge on any atom is 0.317 e. The van der Waals surface area contributed by atoms with Gasteiger partial charge in [0.2, 0.25) is 0 Å². The molecule has 10 heteroatoms. The number of methoxy groups -OCH3 is 2. The van der Waals surface area contributed by atoms with E-state index in [2.05, 4.69) is 15.5 Å². The van der Waals surface area contributed by atoms with E-state index in [-0.39, 0.29) is 22.9 Å². The number of nitrogens with one attached hydrogen (secondary N) is 3. The summed E-state index contributed by atoms with van der Waals surface area (Å²) in [5, 5.41) is 19.7. The van der Waals surface area contributed by atoms with Crippen LogP contribution < -0.4 is 25.1 Å². The molecule has 2 aromatic rings. The van der Waals surface area contributed by atoms with Crippen molar-refractivity contribution < 1.29 is 19.1 Å². The molecular formula is C16H18N4O6. The van der Waals surface area contributed by atoms with Crippen LogP contribution in [0.25, 0.3) is 0 Å². The largest absolute Gasteiger partial charge is 0.497 e. The zero-order chi connectivity index (χ0) is 19.0. The lowest BCUT2D eigenvalue weighted by molar-refractivity contribution is -0.432. The van der Waals surface area contributed by atoms with E-state index in [9.17, 15) is 14.9 Å². The first-order valence-electron chi connectivity index (χ1n) is 7.70. The standard InChI is InChI=1S/C16H18N4O6/c1-7-11(15(21)19-18-7)12-9-5-8(24-3)6-10(25-4)14(9)26-16(17-2)13(12)20(22)23/h5-6,12,17H,1-4H3,(H2,18,19,21). The lowest BCUT2D eigenvalue weighted by Crippen LogP contribution is -2.30. The van der Waals surface area contributed by atoms with Crippen LogP contribution >= 0.6 is 0 Å². The lowest BCUT2D eigenvalue weighted by Gasteiger charge is -2.26. The molecule has 1 aliphatic rings. The first kappa shape index (κ1) is 17.4. The molecule has 0 radical (unpaired) electrons. The summed E-state index contributed by atoms with van der Waals surface area (Å²) in [4.78, 5) is 23.6. The molecule has 3 N–H and O–H groups in total. The minimum absolute atomic E-state index is 0.0593. The molecule has 1 aliphatic heterocycles. The highest BCUT2D eigenvalue weighted by Crippen LogP contribution is 2.48. The minimum Gasteiger partial charge on any atom is -0.497 e. The quantitative estimate of drug-likeness (QED) is 0.538. The Morgan fingerprint density at radius 2 is 2.00 bits per heavy atom. The molecule has 1 aromatic carbocycles. The van der Waals surface area contributed by atoms with Crippen molar-refractivity contribution in [2.24, 2.45) is 0 Å². The van der Waals surface area contributed by atoms with Gasteiger partial charge in [0.05, 0.1) is 24.7 Å². The van der Waals surface area contributed by atoms with Gasteiger partial charge < -0.3 is 24.6 Å². The number of nitro groups is 1. The maximum absolute atomic E-state index is 12.4. The summed E-state index contributed by atoms with van der Waals surface area (Å²) in [6, 6.07) is 3.21. The number of ether oxygens (including phenoxy) is 3. The summed E-state index contributed by atoms with van der Waals surface area (Å²) in [6.07, 6.45) is 0. The summed E-state index contributed by atoms with van der Waals surface area (Å²) in [6.45, 7) is 1.66. The van der Waals surface area contributed by atoms with E-state index in [0.29, 0.717) is 22.8 Å². The molecule has 1 atom stereocenters. The van der Waals surface area contributed by atoms with Crippen molar-refractivity contribution in [1.29, 1.82) is 0 Å². The highest BCUT2D eigenvalue weighted by atomic mass is 16.6. The molecule has 0 aliphatic carbocycles. The van der Waals surface area contributed by atoms with E-state index in [1.807, 2.05) is 0 Å². The van der Waals surface area contributed by atoms with Gasteiger partial charge in [-0.05, 0) is 13.0 Å². The molecule has 1 aromatic heterocycles. The van der Waals surface area contributed by atoms with Crippen LogP contribution in [0.3, 0.4) is 0 Å². The molecule has 138 valence electrons. The number of aryl methyl sites for hydroxylation is 1. The van der Waals surface area contributed by atoms with E-state index in [1.54, 1.807) is 19.1 Å². The van der Waals surface area contributed by atoms with Gasteiger partial charge in [-0.15, -0.1) is 0 Å². The van der Waals surface area contributed by atoms with Crippen molar-refractivity contribution >= 4 is 0 Å². The number of H-pyrrole nitrogens is 2. The van der Waals surface area contributed by atoms with Crippen LogP contribution in [0.15, 0.2) is 28.5 Å². The number of aromatic amines is 2. The van der Waals surface area contributed by atoms with Crippen molar-refractivity contribution in [2.45, 2.75) is 12.8 Å². The predicted molar refractivity (Wildman–Crippen MR) is 91.2 cm³/mol. The van der Waals surface area contributed by atoms with E-state index >= 15 is 0 Å². The second-order valence-corrected chi connectivity index (χ2v) is 5.62. The average molecular weight is 362 g/mol. The summed E-state index contributed by atoms with van der Waals surface area (Å²) in [5.41, 5.74) is 0.397. The van der Waals surface area contributed by atoms with Gasteiger partial charge in [0.1, 0.15) is 11.7 Å². The summed E-state index contributed by atoms with van der Waals surface area (Å²) >= 11 is 0. The number of allylic oxidation sites excluding steroid dienone is 1. The van der Waals surface area contributed by atoms with E-state index in [4.69, 9.17) is 14.2 Å². The number of benzene rings is 1. The van der Waals surface area contributed by atoms with Crippen LogP contribution in [0.5, 0.6) is 17.2 Å². The highest BCUT2D eigenvalue weighted by molar-refractivity contribution is 5.60. The first-order chi connectivity index (χ1) is 12.4. The molecule has 10 nitrogen and oxygen atoms in total. The molecule has 0 amide bonds. The Bertz CT molecular complexity index is 958. The molecule has 0 spiro atoms. The van der Waals surface area contributed by atoms with Crippen LogP contribution in [-0.2, 0) is 0 Å². The van der Waals surface area contributed by atoms with Crippen molar-refractivity contribution in [2.75, 3.05) is 21.3 Å². The number of aromatic nitrogens is 2. The Balaban J connectivity index is 2.40. The minimum atomic E-state index is -0.977. The fraction of sp³-hybridized carbons (Fsp3) is 0.312. The molecule has 0 saturated carbocycles. The zero-order valence-corrected chi connectivity index (χ0v) is 14.6. The summed E-state index contributed by atoms with van der Waals surface area (Å²) in [5.74, 6) is 0.0120. The van der Waals surface area contributed by atoms with Gasteiger partial charge in [-0.3, -0.25) is 20.0 Å². The number of nitrogens with zero attached hydrogens (tertiary/aromatic N) is 1. The predicted octanol–water partition coefficient (Wildman–Crippen LogP) is 1.22. The van der Waals surface area contributed by atoms with Gasteiger partial charge >= 0.3 is 5.70 Å². The molecule has 26 heavy (non-hydrogen) atoms. The third-order valence-corrected chi connectivity index (χ3v) is 4.26. The number of fused-ring (bicyclic) bond motifs is 1. The Morgan fingerprint density at radius 3 is 2.50 bits per heavy atom. The number of hydrogen-bond acceptors (Lipinski definition) is 7.